The van der Waals surface area contributed by atoms with E-state index in [1.807, 2.05) is 30.0 Å². The number of aromatic nitrogens is 1. The molecule has 4 nitrogen and oxygen atoms in total. The molecule has 0 amide bonds. The number of ether oxygens (including phenoxy) is 1. The summed E-state index contributed by atoms with van der Waals surface area (Å²) < 4.78 is 34.7. The van der Waals surface area contributed by atoms with Gasteiger partial charge in [-0.2, -0.15) is 0 Å². The van der Waals surface area contributed by atoms with Gasteiger partial charge < -0.3 is 9.72 Å². The van der Waals surface area contributed by atoms with Crippen molar-refractivity contribution in [2.45, 2.75) is 51.6 Å². The highest BCUT2D eigenvalue weighted by Gasteiger charge is 2.41. The summed E-state index contributed by atoms with van der Waals surface area (Å²) in [6.45, 7) is 8.40. The van der Waals surface area contributed by atoms with Gasteiger partial charge in [0.05, 0.1) is 22.6 Å². The lowest BCUT2D eigenvalue weighted by Gasteiger charge is -2.42. The van der Waals surface area contributed by atoms with Crippen LogP contribution in [0.4, 0.5) is 8.78 Å². The van der Waals surface area contributed by atoms with Crippen LogP contribution < -0.4 is 4.74 Å². The van der Waals surface area contributed by atoms with Gasteiger partial charge in [-0.05, 0) is 43.0 Å². The highest BCUT2D eigenvalue weighted by molar-refractivity contribution is 6.36. The maximum atomic E-state index is 14.4. The van der Waals surface area contributed by atoms with Crippen LogP contribution in [0.1, 0.15) is 50.1 Å². The first-order valence-electron chi connectivity index (χ1n) is 12.7. The van der Waals surface area contributed by atoms with E-state index >= 15 is 0 Å². The quantitative estimate of drug-likeness (QED) is 0.331. The third kappa shape index (κ3) is 5.10. The van der Waals surface area contributed by atoms with Crippen LogP contribution >= 0.6 is 23.2 Å². The summed E-state index contributed by atoms with van der Waals surface area (Å²) in [6, 6.07) is 10.9. The number of rotatable bonds is 8. The Bertz CT molecular complexity index is 1210. The first-order chi connectivity index (χ1) is 17.1. The SMILES string of the molecule is CCC1CN(CCOc2cc(Cl)c([C@@H]3c4[nH]c5ccccc5c4C[C@@H](C)N3CC(C)(F)F)c(Cl)c2)C1. The van der Waals surface area contributed by atoms with Gasteiger partial charge in [-0.3, -0.25) is 9.80 Å². The Hall–Kier alpha value is -1.86. The molecule has 2 atom stereocenters. The molecule has 0 unspecified atom stereocenters. The average Bonchev–Trinajstić information content (AvgIpc) is 3.14. The number of alkyl halides is 2. The number of likely N-dealkylation sites (tertiary alicyclic amines) is 1. The molecule has 0 bridgehead atoms. The number of hydrogen-bond donors (Lipinski definition) is 1. The highest BCUT2D eigenvalue weighted by atomic mass is 35.5. The Kier molecular flexibility index (Phi) is 7.25. The molecular weight excluding hydrogens is 503 g/mol. The van der Waals surface area contributed by atoms with Gasteiger partial charge in [0, 0.05) is 54.8 Å². The van der Waals surface area contributed by atoms with Gasteiger partial charge in [-0.25, -0.2) is 8.78 Å². The molecule has 3 aromatic rings. The van der Waals surface area contributed by atoms with Crippen LogP contribution in [-0.2, 0) is 6.42 Å². The van der Waals surface area contributed by atoms with Crippen LogP contribution in [0.15, 0.2) is 36.4 Å². The largest absolute Gasteiger partial charge is 0.492 e. The summed E-state index contributed by atoms with van der Waals surface area (Å²) in [6.07, 6.45) is 1.88. The molecule has 1 N–H and O–H groups in total. The zero-order valence-corrected chi connectivity index (χ0v) is 22.5. The van der Waals surface area contributed by atoms with Gasteiger partial charge in [0.15, 0.2) is 0 Å². The zero-order chi connectivity index (χ0) is 25.6. The second-order valence-electron chi connectivity index (χ2n) is 10.4. The monoisotopic (exact) mass is 535 g/mol. The summed E-state index contributed by atoms with van der Waals surface area (Å²) in [4.78, 5) is 7.69. The van der Waals surface area contributed by atoms with E-state index in [2.05, 4.69) is 22.9 Å². The minimum atomic E-state index is -2.87. The lowest BCUT2D eigenvalue weighted by atomic mass is 9.88. The molecule has 1 saturated heterocycles. The lowest BCUT2D eigenvalue weighted by molar-refractivity contribution is -0.0366. The fourth-order valence-electron chi connectivity index (χ4n) is 5.70. The van der Waals surface area contributed by atoms with Crippen molar-refractivity contribution in [1.82, 2.24) is 14.8 Å². The fraction of sp³-hybridized carbons (Fsp3) is 0.500. The van der Waals surface area contributed by atoms with E-state index in [-0.39, 0.29) is 6.04 Å². The number of nitrogens with zero attached hydrogens (tertiary/aromatic N) is 2. The zero-order valence-electron chi connectivity index (χ0n) is 21.0. The van der Waals surface area contributed by atoms with Gasteiger partial charge in [0.2, 0.25) is 0 Å². The third-order valence-corrected chi connectivity index (χ3v) is 8.22. The number of para-hydroxylation sites is 1. The molecule has 1 aromatic heterocycles. The van der Waals surface area contributed by atoms with Crippen molar-refractivity contribution in [1.29, 1.82) is 0 Å². The molecule has 0 aliphatic carbocycles. The first kappa shape index (κ1) is 25.8. The Balaban J connectivity index is 1.47. The number of halogens is 4. The molecule has 194 valence electrons. The van der Waals surface area contributed by atoms with Gasteiger partial charge in [0.25, 0.3) is 5.92 Å². The molecule has 2 aliphatic rings. The van der Waals surface area contributed by atoms with Crippen molar-refractivity contribution >= 4 is 34.1 Å². The molecular formula is C28H33Cl2F2N3O. The number of benzene rings is 2. The minimum Gasteiger partial charge on any atom is -0.492 e. The van der Waals surface area contributed by atoms with Crippen molar-refractivity contribution in [3.63, 3.8) is 0 Å². The average molecular weight is 536 g/mol. The van der Waals surface area contributed by atoms with E-state index in [4.69, 9.17) is 27.9 Å². The molecule has 2 aliphatic heterocycles. The standard InChI is InChI=1S/C28H33Cl2F2N3O/c1-4-18-14-34(15-18)9-10-36-19-12-22(29)25(23(30)13-19)27-26-21(20-7-5-6-8-24(20)33-26)11-17(2)35(27)16-28(3,31)32/h5-8,12-13,17-18,27,33H,4,9-11,14-16H2,1-3H3/t17-,27-/m1/s1. The second-order valence-corrected chi connectivity index (χ2v) is 11.3. The van der Waals surface area contributed by atoms with Crippen molar-refractivity contribution in [3.8, 4) is 5.75 Å². The Labute approximate surface area is 221 Å². The van der Waals surface area contributed by atoms with Crippen molar-refractivity contribution < 1.29 is 13.5 Å². The summed E-state index contributed by atoms with van der Waals surface area (Å²) in [7, 11) is 0. The smallest absolute Gasteiger partial charge is 0.257 e. The summed E-state index contributed by atoms with van der Waals surface area (Å²) in [5.74, 6) is -1.49. The number of hydrogen-bond acceptors (Lipinski definition) is 3. The number of fused-ring (bicyclic) bond motifs is 3. The van der Waals surface area contributed by atoms with E-state index in [9.17, 15) is 8.78 Å². The fourth-order valence-corrected chi connectivity index (χ4v) is 6.37. The molecule has 0 saturated carbocycles. The predicted molar refractivity (Wildman–Crippen MR) is 143 cm³/mol. The van der Waals surface area contributed by atoms with Crippen molar-refractivity contribution in [2.24, 2.45) is 5.92 Å². The number of H-pyrrole nitrogens is 1. The molecule has 1 fully saturated rings. The van der Waals surface area contributed by atoms with Crippen LogP contribution in [0.5, 0.6) is 5.75 Å². The van der Waals surface area contributed by atoms with Crippen LogP contribution in [0, 0.1) is 5.92 Å². The van der Waals surface area contributed by atoms with E-state index in [1.54, 1.807) is 12.1 Å². The van der Waals surface area contributed by atoms with Gasteiger partial charge >= 0.3 is 0 Å². The lowest BCUT2D eigenvalue weighted by Crippen LogP contribution is -2.47. The van der Waals surface area contributed by atoms with Crippen molar-refractivity contribution in [3.05, 3.63) is 63.3 Å². The van der Waals surface area contributed by atoms with Gasteiger partial charge in [0.1, 0.15) is 12.4 Å². The molecule has 36 heavy (non-hydrogen) atoms. The minimum absolute atomic E-state index is 0.126. The van der Waals surface area contributed by atoms with Crippen LogP contribution in [-0.4, -0.2) is 59.5 Å². The molecule has 8 heteroatoms. The summed E-state index contributed by atoms with van der Waals surface area (Å²) >= 11 is 13.7. The van der Waals surface area contributed by atoms with Crippen molar-refractivity contribution in [2.75, 3.05) is 32.8 Å². The van der Waals surface area contributed by atoms with Gasteiger partial charge in [-0.15, -0.1) is 0 Å². The second kappa shape index (κ2) is 10.1. The first-order valence-corrected chi connectivity index (χ1v) is 13.5. The predicted octanol–water partition coefficient (Wildman–Crippen LogP) is 7.19. The summed E-state index contributed by atoms with van der Waals surface area (Å²) in [5.41, 5.74) is 3.61. The number of nitrogens with one attached hydrogen (secondary N) is 1. The molecule has 2 aromatic carbocycles. The maximum Gasteiger partial charge on any atom is 0.257 e. The Morgan fingerprint density at radius 2 is 1.83 bits per heavy atom. The van der Waals surface area contributed by atoms with Gasteiger partial charge in [-0.1, -0.05) is 54.7 Å². The third-order valence-electron chi connectivity index (χ3n) is 7.59. The van der Waals surface area contributed by atoms with E-state index in [0.717, 1.165) is 54.6 Å². The Morgan fingerprint density at radius 3 is 2.50 bits per heavy atom. The van der Waals surface area contributed by atoms with Crippen LogP contribution in [0.2, 0.25) is 10.0 Å². The van der Waals surface area contributed by atoms with Crippen LogP contribution in [0.25, 0.3) is 10.9 Å². The normalized spacial score (nSPS) is 21.5. The highest BCUT2D eigenvalue weighted by Crippen LogP contribution is 2.46. The topological polar surface area (TPSA) is 31.5 Å². The summed E-state index contributed by atoms with van der Waals surface area (Å²) in [5, 5.41) is 1.94. The number of aromatic amines is 1. The van der Waals surface area contributed by atoms with E-state index < -0.39 is 18.5 Å². The molecule has 5 rings (SSSR count). The molecule has 0 radical (unpaired) electrons. The Morgan fingerprint density at radius 1 is 1.14 bits per heavy atom. The molecule has 3 heterocycles. The molecule has 0 spiro atoms. The maximum absolute atomic E-state index is 14.4. The van der Waals surface area contributed by atoms with E-state index in [1.165, 1.54) is 6.42 Å². The van der Waals surface area contributed by atoms with Crippen LogP contribution in [0.3, 0.4) is 0 Å². The van der Waals surface area contributed by atoms with E-state index in [0.29, 0.717) is 34.4 Å².